The molecular weight excluding hydrogens is 294 g/mol. The number of methoxy groups -OCH3 is 1. The normalized spacial score (nSPS) is 10.1. The molecule has 0 bridgehead atoms. The minimum Gasteiger partial charge on any atom is -0.493 e. The monoisotopic (exact) mass is 315 g/mol. The molecule has 2 rings (SSSR count). The number of hydrogen-bond acceptors (Lipinski definition) is 3. The van der Waals surface area contributed by atoms with Crippen LogP contribution in [0.2, 0.25) is 0 Å². The predicted molar refractivity (Wildman–Crippen MR) is 94.5 cm³/mol. The van der Waals surface area contributed by atoms with Gasteiger partial charge in [-0.2, -0.15) is 0 Å². The van der Waals surface area contributed by atoms with Gasteiger partial charge in [0, 0.05) is 12.7 Å². The second kappa shape index (κ2) is 8.34. The van der Waals surface area contributed by atoms with Crippen molar-refractivity contribution in [1.82, 2.24) is 10.3 Å². The van der Waals surface area contributed by atoms with Crippen LogP contribution < -0.4 is 15.4 Å². The van der Waals surface area contributed by atoms with Crippen LogP contribution in [0.25, 0.3) is 0 Å². The van der Waals surface area contributed by atoms with Crippen LogP contribution in [-0.2, 0) is 6.42 Å². The molecule has 1 heterocycles. The molecule has 0 saturated carbocycles. The van der Waals surface area contributed by atoms with E-state index >= 15 is 0 Å². The smallest absolute Gasteiger partial charge is 0.174 e. The molecule has 0 aliphatic carbocycles. The summed E-state index contributed by atoms with van der Waals surface area (Å²) in [5, 5.41) is 6.80. The van der Waals surface area contributed by atoms with Crippen LogP contribution >= 0.6 is 12.2 Å². The molecule has 0 amide bonds. The number of aryl methyl sites for hydroxylation is 2. The predicted octanol–water partition coefficient (Wildman–Crippen LogP) is 3.32. The number of pyridine rings is 1. The highest BCUT2D eigenvalue weighted by Gasteiger charge is 2.04. The molecule has 0 fully saturated rings. The Kier molecular flexibility index (Phi) is 6.15. The number of aromatic nitrogens is 1. The zero-order valence-corrected chi connectivity index (χ0v) is 13.7. The van der Waals surface area contributed by atoms with Crippen molar-refractivity contribution >= 4 is 23.1 Å². The van der Waals surface area contributed by atoms with Crippen LogP contribution in [0.15, 0.2) is 42.6 Å². The van der Waals surface area contributed by atoms with Crippen molar-refractivity contribution < 1.29 is 4.74 Å². The fourth-order valence-electron chi connectivity index (χ4n) is 2.05. The fraction of sp³-hybridized carbons (Fsp3) is 0.294. The van der Waals surface area contributed by atoms with Gasteiger partial charge in [-0.3, -0.25) is 0 Å². The molecule has 0 spiro atoms. The number of ether oxygens (including phenoxy) is 1. The standard InChI is InChI=1S/C17H21N3OS/c1-13-7-9-14(10-8-13)5-3-12-19-17(22)20-16-15(21-2)6-4-11-18-16/h4,6-11H,3,5,12H2,1-2H3,(H2,18,19,20,22). The Bertz CT molecular complexity index is 614. The number of nitrogens with one attached hydrogen (secondary N) is 2. The summed E-state index contributed by atoms with van der Waals surface area (Å²) in [6, 6.07) is 12.3. The van der Waals surface area contributed by atoms with Crippen molar-refractivity contribution in [3.63, 3.8) is 0 Å². The van der Waals surface area contributed by atoms with Gasteiger partial charge in [-0.1, -0.05) is 29.8 Å². The number of rotatable bonds is 6. The SMILES string of the molecule is COc1cccnc1NC(=S)NCCCc1ccc(C)cc1. The van der Waals surface area contributed by atoms with E-state index in [1.165, 1.54) is 11.1 Å². The number of hydrogen-bond donors (Lipinski definition) is 2. The van der Waals surface area contributed by atoms with Crippen molar-refractivity contribution in [2.45, 2.75) is 19.8 Å². The molecule has 0 radical (unpaired) electrons. The third-order valence-corrected chi connectivity index (χ3v) is 3.52. The van der Waals surface area contributed by atoms with E-state index in [2.05, 4.69) is 46.8 Å². The van der Waals surface area contributed by atoms with Gasteiger partial charge >= 0.3 is 0 Å². The first-order chi connectivity index (χ1) is 10.7. The summed E-state index contributed by atoms with van der Waals surface area (Å²) in [5.41, 5.74) is 2.63. The van der Waals surface area contributed by atoms with Crippen molar-refractivity contribution in [3.05, 3.63) is 53.7 Å². The molecule has 4 nitrogen and oxygen atoms in total. The Morgan fingerprint density at radius 2 is 2.00 bits per heavy atom. The third-order valence-electron chi connectivity index (χ3n) is 3.27. The summed E-state index contributed by atoms with van der Waals surface area (Å²) in [6.07, 6.45) is 3.75. The Balaban J connectivity index is 1.72. The fourth-order valence-corrected chi connectivity index (χ4v) is 2.25. The molecule has 22 heavy (non-hydrogen) atoms. The van der Waals surface area contributed by atoms with Crippen LogP contribution in [0.4, 0.5) is 5.82 Å². The van der Waals surface area contributed by atoms with Gasteiger partial charge in [-0.25, -0.2) is 4.98 Å². The lowest BCUT2D eigenvalue weighted by Gasteiger charge is -2.12. The Labute approximate surface area is 136 Å². The van der Waals surface area contributed by atoms with E-state index in [0.717, 1.165) is 19.4 Å². The molecule has 116 valence electrons. The molecule has 2 N–H and O–H groups in total. The van der Waals surface area contributed by atoms with Crippen LogP contribution in [0.5, 0.6) is 5.75 Å². The van der Waals surface area contributed by atoms with Crippen LogP contribution in [0, 0.1) is 6.92 Å². The van der Waals surface area contributed by atoms with Gasteiger partial charge in [-0.15, -0.1) is 0 Å². The minimum absolute atomic E-state index is 0.556. The highest BCUT2D eigenvalue weighted by atomic mass is 32.1. The number of benzene rings is 1. The first kappa shape index (κ1) is 16.2. The quantitative estimate of drug-likeness (QED) is 0.632. The summed E-state index contributed by atoms with van der Waals surface area (Å²) in [6.45, 7) is 2.91. The summed E-state index contributed by atoms with van der Waals surface area (Å²) in [7, 11) is 1.61. The Hall–Kier alpha value is -2.14. The molecule has 5 heteroatoms. The third kappa shape index (κ3) is 5.00. The first-order valence-corrected chi connectivity index (χ1v) is 7.69. The lowest BCUT2D eigenvalue weighted by Crippen LogP contribution is -2.30. The average Bonchev–Trinajstić information content (AvgIpc) is 2.54. The number of anilines is 1. The van der Waals surface area contributed by atoms with Gasteiger partial charge in [0.05, 0.1) is 7.11 Å². The van der Waals surface area contributed by atoms with E-state index in [1.807, 2.05) is 12.1 Å². The average molecular weight is 315 g/mol. The zero-order valence-electron chi connectivity index (χ0n) is 12.9. The summed E-state index contributed by atoms with van der Waals surface area (Å²) < 4.78 is 5.23. The molecule has 2 aromatic rings. The molecule has 0 aliphatic heterocycles. The van der Waals surface area contributed by atoms with Gasteiger partial charge in [0.1, 0.15) is 0 Å². The second-order valence-electron chi connectivity index (χ2n) is 5.02. The van der Waals surface area contributed by atoms with Crippen molar-refractivity contribution in [2.75, 3.05) is 19.0 Å². The van der Waals surface area contributed by atoms with Gasteiger partial charge < -0.3 is 15.4 Å². The molecule has 1 aromatic carbocycles. The maximum atomic E-state index is 5.27. The molecule has 1 aromatic heterocycles. The van der Waals surface area contributed by atoms with Crippen molar-refractivity contribution in [2.24, 2.45) is 0 Å². The van der Waals surface area contributed by atoms with Gasteiger partial charge in [0.25, 0.3) is 0 Å². The van der Waals surface area contributed by atoms with Gasteiger partial charge in [-0.05, 0) is 49.7 Å². The maximum absolute atomic E-state index is 5.27. The summed E-state index contributed by atoms with van der Waals surface area (Å²) in [5.74, 6) is 1.30. The molecule has 0 saturated heterocycles. The molecular formula is C17H21N3OS. The van der Waals surface area contributed by atoms with Crippen LogP contribution in [0.1, 0.15) is 17.5 Å². The van der Waals surface area contributed by atoms with Crippen molar-refractivity contribution in [3.8, 4) is 5.75 Å². The number of nitrogens with zero attached hydrogens (tertiary/aromatic N) is 1. The summed E-state index contributed by atoms with van der Waals surface area (Å²) >= 11 is 5.27. The van der Waals surface area contributed by atoms with Gasteiger partial charge in [0.2, 0.25) is 0 Å². The zero-order chi connectivity index (χ0) is 15.8. The Morgan fingerprint density at radius 1 is 1.23 bits per heavy atom. The van der Waals surface area contributed by atoms with Crippen molar-refractivity contribution in [1.29, 1.82) is 0 Å². The van der Waals surface area contributed by atoms with E-state index in [4.69, 9.17) is 17.0 Å². The van der Waals surface area contributed by atoms with E-state index < -0.39 is 0 Å². The van der Waals surface area contributed by atoms with E-state index in [1.54, 1.807) is 13.3 Å². The molecule has 0 atom stereocenters. The summed E-state index contributed by atoms with van der Waals surface area (Å²) in [4.78, 5) is 4.21. The number of thiocarbonyl (C=S) groups is 1. The molecule has 0 unspecified atom stereocenters. The highest BCUT2D eigenvalue weighted by molar-refractivity contribution is 7.80. The maximum Gasteiger partial charge on any atom is 0.174 e. The van der Waals surface area contributed by atoms with Crippen LogP contribution in [0.3, 0.4) is 0 Å². The van der Waals surface area contributed by atoms with E-state index in [0.29, 0.717) is 16.7 Å². The first-order valence-electron chi connectivity index (χ1n) is 7.28. The van der Waals surface area contributed by atoms with E-state index in [9.17, 15) is 0 Å². The van der Waals surface area contributed by atoms with E-state index in [-0.39, 0.29) is 0 Å². The lowest BCUT2D eigenvalue weighted by molar-refractivity contribution is 0.415. The van der Waals surface area contributed by atoms with Crippen LogP contribution in [-0.4, -0.2) is 23.8 Å². The highest BCUT2D eigenvalue weighted by Crippen LogP contribution is 2.19. The lowest BCUT2D eigenvalue weighted by atomic mass is 10.1. The van der Waals surface area contributed by atoms with Gasteiger partial charge in [0.15, 0.2) is 16.7 Å². The Morgan fingerprint density at radius 3 is 2.73 bits per heavy atom. The molecule has 0 aliphatic rings. The minimum atomic E-state index is 0.556. The largest absolute Gasteiger partial charge is 0.493 e. The topological polar surface area (TPSA) is 46.2 Å². The second-order valence-corrected chi connectivity index (χ2v) is 5.43.